The van der Waals surface area contributed by atoms with Gasteiger partial charge in [0.2, 0.25) is 5.91 Å². The molecule has 2 atom stereocenters. The SMILES string of the molecule is COCCNC(=O)CNC(=O)N1C[C@H](O)C[C@@H]1C(=O)O. The van der Waals surface area contributed by atoms with Gasteiger partial charge in [0.15, 0.2) is 0 Å². The standard InChI is InChI=1S/C11H19N3O6/c1-20-3-2-12-9(16)5-13-11(19)14-6-7(15)4-8(14)10(17)18/h7-8,15H,2-6H2,1H3,(H,12,16)(H,13,19)(H,17,18)/t7-,8-/m1/s1. The lowest BCUT2D eigenvalue weighted by atomic mass is 10.2. The van der Waals surface area contributed by atoms with Gasteiger partial charge in [-0.15, -0.1) is 0 Å². The van der Waals surface area contributed by atoms with Crippen LogP contribution in [0, 0.1) is 0 Å². The number of β-amino-alcohol motifs (C(OH)–C–C–N with tert-alkyl or cyclic N) is 1. The predicted molar refractivity (Wildman–Crippen MR) is 67.0 cm³/mol. The zero-order chi connectivity index (χ0) is 15.1. The van der Waals surface area contributed by atoms with E-state index in [0.29, 0.717) is 13.2 Å². The number of hydrogen-bond acceptors (Lipinski definition) is 5. The maximum absolute atomic E-state index is 11.8. The van der Waals surface area contributed by atoms with Gasteiger partial charge in [0.25, 0.3) is 0 Å². The quantitative estimate of drug-likeness (QED) is 0.418. The Morgan fingerprint density at radius 3 is 2.65 bits per heavy atom. The highest BCUT2D eigenvalue weighted by molar-refractivity contribution is 5.87. The minimum absolute atomic E-state index is 0.0111. The van der Waals surface area contributed by atoms with Crippen LogP contribution in [0.2, 0.25) is 0 Å². The maximum atomic E-state index is 11.8. The average molecular weight is 289 g/mol. The Labute approximate surface area is 115 Å². The molecule has 0 aromatic heterocycles. The topological polar surface area (TPSA) is 128 Å². The fourth-order valence-electron chi connectivity index (χ4n) is 1.88. The highest BCUT2D eigenvalue weighted by Crippen LogP contribution is 2.17. The molecule has 1 rings (SSSR count). The zero-order valence-electron chi connectivity index (χ0n) is 11.2. The van der Waals surface area contributed by atoms with E-state index in [1.54, 1.807) is 0 Å². The first-order chi connectivity index (χ1) is 9.45. The molecule has 0 aromatic rings. The van der Waals surface area contributed by atoms with Crippen LogP contribution in [0.25, 0.3) is 0 Å². The second-order valence-corrected chi connectivity index (χ2v) is 4.40. The van der Waals surface area contributed by atoms with Gasteiger partial charge >= 0.3 is 12.0 Å². The highest BCUT2D eigenvalue weighted by atomic mass is 16.5. The van der Waals surface area contributed by atoms with Crippen LogP contribution in [0.15, 0.2) is 0 Å². The van der Waals surface area contributed by atoms with Crippen molar-refractivity contribution >= 4 is 17.9 Å². The lowest BCUT2D eigenvalue weighted by molar-refractivity contribution is -0.141. The summed E-state index contributed by atoms with van der Waals surface area (Å²) in [7, 11) is 1.50. The monoisotopic (exact) mass is 289 g/mol. The number of aliphatic carboxylic acids is 1. The molecule has 20 heavy (non-hydrogen) atoms. The second-order valence-electron chi connectivity index (χ2n) is 4.40. The summed E-state index contributed by atoms with van der Waals surface area (Å²) in [5.41, 5.74) is 0. The molecule has 1 aliphatic rings. The molecule has 1 heterocycles. The third-order valence-corrected chi connectivity index (χ3v) is 2.85. The first-order valence-corrected chi connectivity index (χ1v) is 6.16. The van der Waals surface area contributed by atoms with Gasteiger partial charge in [-0.2, -0.15) is 0 Å². The number of aliphatic hydroxyl groups excluding tert-OH is 1. The van der Waals surface area contributed by atoms with E-state index in [9.17, 15) is 19.5 Å². The van der Waals surface area contributed by atoms with Gasteiger partial charge < -0.3 is 30.5 Å². The van der Waals surface area contributed by atoms with Crippen LogP contribution in [-0.2, 0) is 14.3 Å². The van der Waals surface area contributed by atoms with Crippen LogP contribution < -0.4 is 10.6 Å². The van der Waals surface area contributed by atoms with Crippen molar-refractivity contribution in [3.8, 4) is 0 Å². The van der Waals surface area contributed by atoms with Crippen molar-refractivity contribution in [2.24, 2.45) is 0 Å². The summed E-state index contributed by atoms with van der Waals surface area (Å²) >= 11 is 0. The van der Waals surface area contributed by atoms with E-state index in [0.717, 1.165) is 4.90 Å². The molecule has 1 fully saturated rings. The van der Waals surface area contributed by atoms with Gasteiger partial charge in [-0.3, -0.25) is 4.79 Å². The number of amides is 3. The Bertz CT molecular complexity index is 375. The van der Waals surface area contributed by atoms with Crippen molar-refractivity contribution in [2.75, 3.05) is 33.4 Å². The number of nitrogens with zero attached hydrogens (tertiary/aromatic N) is 1. The minimum atomic E-state index is -1.18. The van der Waals surface area contributed by atoms with Crippen LogP contribution in [0.4, 0.5) is 4.79 Å². The third-order valence-electron chi connectivity index (χ3n) is 2.85. The molecule has 114 valence electrons. The summed E-state index contributed by atoms with van der Waals surface area (Å²) in [5.74, 6) is -1.58. The fourth-order valence-corrected chi connectivity index (χ4v) is 1.88. The zero-order valence-corrected chi connectivity index (χ0v) is 11.2. The van der Waals surface area contributed by atoms with Gasteiger partial charge in [-0.25, -0.2) is 9.59 Å². The normalized spacial score (nSPS) is 21.6. The summed E-state index contributed by atoms with van der Waals surface area (Å²) in [6.07, 6.45) is -0.875. The number of hydrogen-bond donors (Lipinski definition) is 4. The predicted octanol–water partition coefficient (Wildman–Crippen LogP) is -2.02. The van der Waals surface area contributed by atoms with E-state index in [1.807, 2.05) is 0 Å². The Balaban J connectivity index is 2.38. The molecule has 0 spiro atoms. The summed E-state index contributed by atoms with van der Waals surface area (Å²) in [5, 5.41) is 23.2. The number of likely N-dealkylation sites (tertiary alicyclic amines) is 1. The van der Waals surface area contributed by atoms with Crippen LogP contribution in [0.5, 0.6) is 0 Å². The number of carboxylic acids is 1. The number of nitrogens with one attached hydrogen (secondary N) is 2. The fraction of sp³-hybridized carbons (Fsp3) is 0.727. The summed E-state index contributed by atoms with van der Waals surface area (Å²) in [4.78, 5) is 35.1. The molecule has 1 aliphatic heterocycles. The Hall–Kier alpha value is -1.87. The van der Waals surface area contributed by atoms with Crippen molar-refractivity contribution in [1.29, 1.82) is 0 Å². The number of urea groups is 1. The third kappa shape index (κ3) is 4.67. The Kier molecular flexibility index (Phi) is 6.19. The smallest absolute Gasteiger partial charge is 0.326 e. The molecule has 0 aromatic carbocycles. The van der Waals surface area contributed by atoms with Crippen LogP contribution in [0.3, 0.4) is 0 Å². The first-order valence-electron chi connectivity index (χ1n) is 6.16. The van der Waals surface area contributed by atoms with Crippen molar-refractivity contribution in [3.63, 3.8) is 0 Å². The molecule has 1 saturated heterocycles. The summed E-state index contributed by atoms with van der Waals surface area (Å²) in [6, 6.07) is -1.75. The van der Waals surface area contributed by atoms with Gasteiger partial charge in [0.1, 0.15) is 6.04 Å². The molecule has 9 nitrogen and oxygen atoms in total. The summed E-state index contributed by atoms with van der Waals surface area (Å²) < 4.78 is 4.75. The van der Waals surface area contributed by atoms with Crippen molar-refractivity contribution in [1.82, 2.24) is 15.5 Å². The molecule has 0 bridgehead atoms. The average Bonchev–Trinajstić information content (AvgIpc) is 2.78. The van der Waals surface area contributed by atoms with Crippen LogP contribution in [-0.4, -0.2) is 78.5 Å². The molecule has 0 unspecified atom stereocenters. The molecule has 9 heteroatoms. The number of carboxylic acid groups (broad SMARTS) is 1. The number of carbonyl (C=O) groups excluding carboxylic acids is 2. The van der Waals surface area contributed by atoms with Gasteiger partial charge in [-0.1, -0.05) is 0 Å². The molecule has 4 N–H and O–H groups in total. The van der Waals surface area contributed by atoms with Crippen molar-refractivity contribution in [3.05, 3.63) is 0 Å². The van der Waals surface area contributed by atoms with Crippen LogP contribution in [0.1, 0.15) is 6.42 Å². The largest absolute Gasteiger partial charge is 0.480 e. The molecular weight excluding hydrogens is 270 g/mol. The van der Waals surface area contributed by atoms with E-state index in [4.69, 9.17) is 9.84 Å². The van der Waals surface area contributed by atoms with E-state index >= 15 is 0 Å². The number of methoxy groups -OCH3 is 1. The Morgan fingerprint density at radius 1 is 1.35 bits per heavy atom. The minimum Gasteiger partial charge on any atom is -0.480 e. The van der Waals surface area contributed by atoms with Gasteiger partial charge in [0.05, 0.1) is 19.3 Å². The van der Waals surface area contributed by atoms with Gasteiger partial charge in [0, 0.05) is 26.6 Å². The molecule has 3 amide bonds. The molecule has 0 aliphatic carbocycles. The molecule has 0 radical (unpaired) electrons. The van der Waals surface area contributed by atoms with Crippen molar-refractivity contribution < 1.29 is 29.3 Å². The van der Waals surface area contributed by atoms with E-state index in [1.165, 1.54) is 7.11 Å². The Morgan fingerprint density at radius 2 is 2.05 bits per heavy atom. The molecular formula is C11H19N3O6. The highest BCUT2D eigenvalue weighted by Gasteiger charge is 2.38. The lowest BCUT2D eigenvalue weighted by Crippen LogP contribution is -2.48. The van der Waals surface area contributed by atoms with Crippen molar-refractivity contribution in [2.45, 2.75) is 18.6 Å². The lowest BCUT2D eigenvalue weighted by Gasteiger charge is -2.21. The first kappa shape index (κ1) is 16.2. The maximum Gasteiger partial charge on any atom is 0.326 e. The number of aliphatic hydroxyl groups is 1. The van der Waals surface area contributed by atoms with E-state index in [-0.39, 0.29) is 19.5 Å². The van der Waals surface area contributed by atoms with E-state index < -0.39 is 30.1 Å². The number of rotatable bonds is 6. The number of ether oxygens (including phenoxy) is 1. The molecule has 0 saturated carbocycles. The summed E-state index contributed by atoms with van der Waals surface area (Å²) in [6.45, 7) is 0.361. The number of carbonyl (C=O) groups is 3. The van der Waals surface area contributed by atoms with E-state index in [2.05, 4.69) is 10.6 Å². The van der Waals surface area contributed by atoms with Crippen LogP contribution >= 0.6 is 0 Å². The van der Waals surface area contributed by atoms with Gasteiger partial charge in [-0.05, 0) is 0 Å². The second kappa shape index (κ2) is 7.65.